The van der Waals surface area contributed by atoms with E-state index in [1.807, 2.05) is 30.3 Å². The zero-order chi connectivity index (χ0) is 18.1. The van der Waals surface area contributed by atoms with Gasteiger partial charge in [-0.1, -0.05) is 42.5 Å². The number of carbonyl (C=O) groups is 1. The van der Waals surface area contributed by atoms with Gasteiger partial charge in [0.2, 0.25) is 5.82 Å². The van der Waals surface area contributed by atoms with E-state index in [0.717, 1.165) is 5.56 Å². The third kappa shape index (κ3) is 2.91. The van der Waals surface area contributed by atoms with Gasteiger partial charge in [0.1, 0.15) is 11.3 Å². The second-order valence-corrected chi connectivity index (χ2v) is 5.42. The molecule has 0 atom stereocenters. The average Bonchev–Trinajstić information content (AvgIpc) is 3.11. The summed E-state index contributed by atoms with van der Waals surface area (Å²) in [5, 5.41) is 27.6. The zero-order valence-corrected chi connectivity index (χ0v) is 13.2. The lowest BCUT2D eigenvalue weighted by molar-refractivity contribution is -0.268. The van der Waals surface area contributed by atoms with Crippen molar-refractivity contribution in [2.75, 3.05) is 0 Å². The minimum atomic E-state index is -1.24. The summed E-state index contributed by atoms with van der Waals surface area (Å²) >= 11 is 0. The Hall–Kier alpha value is -3.94. The molecule has 2 aromatic carbocycles. The Kier molecular flexibility index (Phi) is 3.70. The van der Waals surface area contributed by atoms with Gasteiger partial charge in [0.05, 0.1) is 5.36 Å². The number of H-pyrrole nitrogens is 1. The summed E-state index contributed by atoms with van der Waals surface area (Å²) in [6.45, 7) is 0. The van der Waals surface area contributed by atoms with Crippen molar-refractivity contribution in [3.05, 3.63) is 65.8 Å². The molecule has 0 amide bonds. The van der Waals surface area contributed by atoms with Gasteiger partial charge in [0.25, 0.3) is 5.95 Å². The molecule has 4 rings (SSSR count). The Bertz CT molecular complexity index is 1180. The molecule has 4 aromatic rings. The van der Waals surface area contributed by atoms with Crippen molar-refractivity contribution in [2.45, 2.75) is 0 Å². The molecule has 0 bridgehead atoms. The number of rotatable bonds is 3. The van der Waals surface area contributed by atoms with E-state index in [-0.39, 0.29) is 17.5 Å². The highest BCUT2D eigenvalue weighted by molar-refractivity contribution is 5.83. The highest BCUT2D eigenvalue weighted by Gasteiger charge is 2.10. The monoisotopic (exact) mass is 347 g/mol. The molecule has 2 aromatic heterocycles. The van der Waals surface area contributed by atoms with Crippen molar-refractivity contribution < 1.29 is 19.4 Å². The molecule has 26 heavy (non-hydrogen) atoms. The van der Waals surface area contributed by atoms with Gasteiger partial charge in [-0.2, -0.15) is 4.98 Å². The number of nitrogens with zero attached hydrogens (tertiary/aromatic N) is 3. The number of hydrogen-bond acceptors (Lipinski definition) is 6. The van der Waals surface area contributed by atoms with Crippen molar-refractivity contribution >= 4 is 22.9 Å². The Morgan fingerprint density at radius 1 is 1.15 bits per heavy atom. The van der Waals surface area contributed by atoms with Crippen molar-refractivity contribution in [1.29, 1.82) is 0 Å². The van der Waals surface area contributed by atoms with Crippen LogP contribution in [0.4, 0.5) is 5.95 Å². The van der Waals surface area contributed by atoms with Crippen LogP contribution in [0.15, 0.2) is 64.0 Å². The smallest absolute Gasteiger partial charge is 0.373 e. The SMILES string of the molecule is O=C(O)c1nc(N=c2cc(-c3ccccc3)oc3ccc([O-])cc23)n[nH]1. The van der Waals surface area contributed by atoms with Gasteiger partial charge in [0, 0.05) is 17.0 Å². The topological polar surface area (TPSA) is 127 Å². The third-order valence-corrected chi connectivity index (χ3v) is 3.67. The van der Waals surface area contributed by atoms with E-state index in [9.17, 15) is 9.90 Å². The van der Waals surface area contributed by atoms with Crippen LogP contribution < -0.4 is 10.5 Å². The molecule has 128 valence electrons. The predicted octanol–water partition coefficient (Wildman–Crippen LogP) is 2.22. The molecule has 0 saturated heterocycles. The number of fused-ring (bicyclic) bond motifs is 1. The van der Waals surface area contributed by atoms with Gasteiger partial charge in [-0.3, -0.25) is 5.10 Å². The fourth-order valence-corrected chi connectivity index (χ4v) is 2.49. The minimum absolute atomic E-state index is 0.0507. The van der Waals surface area contributed by atoms with E-state index >= 15 is 0 Å². The van der Waals surface area contributed by atoms with E-state index < -0.39 is 5.97 Å². The molecular weight excluding hydrogens is 336 g/mol. The van der Waals surface area contributed by atoms with Crippen LogP contribution >= 0.6 is 0 Å². The minimum Gasteiger partial charge on any atom is -0.872 e. The maximum absolute atomic E-state index is 11.7. The van der Waals surface area contributed by atoms with Crippen LogP contribution in [0.5, 0.6) is 5.75 Å². The average molecular weight is 347 g/mol. The van der Waals surface area contributed by atoms with Crippen LogP contribution in [-0.2, 0) is 0 Å². The first-order valence-electron chi connectivity index (χ1n) is 7.61. The second kappa shape index (κ2) is 6.17. The number of nitrogens with one attached hydrogen (secondary N) is 1. The lowest BCUT2D eigenvalue weighted by Crippen LogP contribution is -2.04. The van der Waals surface area contributed by atoms with Crippen molar-refractivity contribution in [3.8, 4) is 17.1 Å². The summed E-state index contributed by atoms with van der Waals surface area (Å²) in [6.07, 6.45) is 0. The molecule has 0 radical (unpaired) electrons. The fourth-order valence-electron chi connectivity index (χ4n) is 2.49. The van der Waals surface area contributed by atoms with Crippen LogP contribution in [0.3, 0.4) is 0 Å². The molecular formula is C18H11N4O4-. The van der Waals surface area contributed by atoms with Crippen molar-refractivity contribution in [1.82, 2.24) is 15.2 Å². The lowest BCUT2D eigenvalue weighted by Gasteiger charge is -2.08. The molecule has 0 fully saturated rings. The molecule has 0 aliphatic carbocycles. The van der Waals surface area contributed by atoms with E-state index in [2.05, 4.69) is 20.2 Å². The predicted molar refractivity (Wildman–Crippen MR) is 89.7 cm³/mol. The molecule has 0 saturated carbocycles. The van der Waals surface area contributed by atoms with Gasteiger partial charge in [0.15, 0.2) is 0 Å². The van der Waals surface area contributed by atoms with Crippen molar-refractivity contribution in [2.24, 2.45) is 4.99 Å². The molecule has 0 unspecified atom stereocenters. The normalized spacial score (nSPS) is 11.8. The quantitative estimate of drug-likeness (QED) is 0.585. The summed E-state index contributed by atoms with van der Waals surface area (Å²) in [7, 11) is 0. The van der Waals surface area contributed by atoms with Crippen LogP contribution in [0.25, 0.3) is 22.3 Å². The van der Waals surface area contributed by atoms with Crippen LogP contribution in [0, 0.1) is 0 Å². The van der Waals surface area contributed by atoms with Crippen molar-refractivity contribution in [3.63, 3.8) is 0 Å². The molecule has 2 heterocycles. The standard InChI is InChI=1S/C18H12N4O4/c23-11-6-7-14-12(8-11)13(19-18-20-16(17(24)25)21-22-18)9-15(26-14)10-4-2-1-3-5-10/h1-9,23H,(H,24,25)(H,20,21,22)/p-1. The first-order chi connectivity index (χ1) is 12.6. The van der Waals surface area contributed by atoms with E-state index in [1.54, 1.807) is 12.1 Å². The van der Waals surface area contributed by atoms with Gasteiger partial charge in [-0.05, 0) is 6.07 Å². The van der Waals surface area contributed by atoms with Crippen LogP contribution in [0.1, 0.15) is 10.6 Å². The Morgan fingerprint density at radius 3 is 2.69 bits per heavy atom. The first-order valence-corrected chi connectivity index (χ1v) is 7.61. The molecule has 8 nitrogen and oxygen atoms in total. The van der Waals surface area contributed by atoms with E-state index in [0.29, 0.717) is 22.1 Å². The number of carboxylic acids is 1. The summed E-state index contributed by atoms with van der Waals surface area (Å²) in [5.74, 6) is -1.26. The Morgan fingerprint density at radius 2 is 1.96 bits per heavy atom. The lowest BCUT2D eigenvalue weighted by atomic mass is 10.1. The number of carboxylic acid groups (broad SMARTS) is 1. The Labute approximate surface area is 146 Å². The number of benzene rings is 2. The first kappa shape index (κ1) is 15.6. The summed E-state index contributed by atoms with van der Waals surface area (Å²) in [4.78, 5) is 19.0. The molecule has 0 spiro atoms. The third-order valence-electron chi connectivity index (χ3n) is 3.67. The molecule has 8 heteroatoms. The largest absolute Gasteiger partial charge is 0.872 e. The zero-order valence-electron chi connectivity index (χ0n) is 13.2. The van der Waals surface area contributed by atoms with Crippen LogP contribution in [0.2, 0.25) is 0 Å². The number of aromatic amines is 1. The number of aromatic nitrogens is 3. The molecule has 0 aliphatic rings. The maximum atomic E-state index is 11.7. The maximum Gasteiger partial charge on any atom is 0.373 e. The van der Waals surface area contributed by atoms with Crippen LogP contribution in [-0.4, -0.2) is 26.3 Å². The second-order valence-electron chi connectivity index (χ2n) is 5.42. The van der Waals surface area contributed by atoms with Gasteiger partial charge >= 0.3 is 5.97 Å². The van der Waals surface area contributed by atoms with Gasteiger partial charge in [-0.15, -0.1) is 10.8 Å². The summed E-state index contributed by atoms with van der Waals surface area (Å²) in [5.41, 5.74) is 1.30. The summed E-state index contributed by atoms with van der Waals surface area (Å²) in [6, 6.07) is 15.4. The van der Waals surface area contributed by atoms with E-state index in [1.165, 1.54) is 12.1 Å². The molecule has 2 N–H and O–H groups in total. The highest BCUT2D eigenvalue weighted by atomic mass is 16.4. The number of hydrogen-bond donors (Lipinski definition) is 2. The van der Waals surface area contributed by atoms with E-state index in [4.69, 9.17) is 9.52 Å². The highest BCUT2D eigenvalue weighted by Crippen LogP contribution is 2.23. The van der Waals surface area contributed by atoms with Gasteiger partial charge < -0.3 is 14.6 Å². The van der Waals surface area contributed by atoms with Gasteiger partial charge in [-0.25, -0.2) is 9.79 Å². The Balaban J connectivity index is 1.97. The summed E-state index contributed by atoms with van der Waals surface area (Å²) < 4.78 is 5.88. The fraction of sp³-hybridized carbons (Fsp3) is 0. The molecule has 0 aliphatic heterocycles. The number of aromatic carboxylic acids is 1.